The highest BCUT2D eigenvalue weighted by atomic mass is 32.2. The van der Waals surface area contributed by atoms with Crippen LogP contribution < -0.4 is 9.62 Å². The van der Waals surface area contributed by atoms with Gasteiger partial charge in [0.05, 0.1) is 16.6 Å². The molecule has 0 unspecified atom stereocenters. The first-order chi connectivity index (χ1) is 13.8. The van der Waals surface area contributed by atoms with E-state index in [9.17, 15) is 13.2 Å². The third-order valence-electron chi connectivity index (χ3n) is 6.43. The fourth-order valence-corrected chi connectivity index (χ4v) is 6.77. The topological polar surface area (TPSA) is 69.7 Å². The van der Waals surface area contributed by atoms with Crippen LogP contribution >= 0.6 is 0 Å². The zero-order valence-corrected chi connectivity index (χ0v) is 17.5. The summed E-state index contributed by atoms with van der Waals surface area (Å²) in [6.45, 7) is 3.80. The van der Waals surface area contributed by atoms with Gasteiger partial charge in [-0.2, -0.15) is 0 Å². The second-order valence-corrected chi connectivity index (χ2v) is 10.3. The molecule has 3 aliphatic heterocycles. The average molecular weight is 412 g/mol. The van der Waals surface area contributed by atoms with Gasteiger partial charge in [0.15, 0.2) is 0 Å². The van der Waals surface area contributed by atoms with Crippen molar-refractivity contribution >= 4 is 27.3 Å². The van der Waals surface area contributed by atoms with E-state index in [1.165, 1.54) is 0 Å². The summed E-state index contributed by atoms with van der Waals surface area (Å²) < 4.78 is 29.3. The molecule has 29 heavy (non-hydrogen) atoms. The monoisotopic (exact) mass is 411 g/mol. The largest absolute Gasteiger partial charge is 0.326 e. The Morgan fingerprint density at radius 1 is 1.10 bits per heavy atom. The van der Waals surface area contributed by atoms with E-state index in [1.807, 2.05) is 12.1 Å². The molecule has 6 nitrogen and oxygen atoms in total. The number of likely N-dealkylation sites (N-methyl/N-ethyl adjacent to an activating group) is 1. The molecule has 1 N–H and O–H groups in total. The Bertz CT molecular complexity index is 1110. The average Bonchev–Trinajstić information content (AvgIpc) is 3.01. The van der Waals surface area contributed by atoms with Gasteiger partial charge in [-0.15, -0.1) is 0 Å². The van der Waals surface area contributed by atoms with Crippen LogP contribution in [0.15, 0.2) is 41.3 Å². The molecule has 1 amide bonds. The molecule has 0 aliphatic carbocycles. The molecule has 1 fully saturated rings. The highest BCUT2D eigenvalue weighted by Crippen LogP contribution is 2.47. The van der Waals surface area contributed by atoms with E-state index < -0.39 is 10.0 Å². The molecule has 0 saturated carbocycles. The van der Waals surface area contributed by atoms with Gasteiger partial charge < -0.3 is 10.2 Å². The van der Waals surface area contributed by atoms with Gasteiger partial charge in [-0.1, -0.05) is 17.7 Å². The highest BCUT2D eigenvalue weighted by molar-refractivity contribution is 7.92. The van der Waals surface area contributed by atoms with Crippen molar-refractivity contribution in [1.29, 1.82) is 0 Å². The van der Waals surface area contributed by atoms with Gasteiger partial charge in [-0.3, -0.25) is 9.10 Å². The first-order valence-electron chi connectivity index (χ1n) is 10.1. The van der Waals surface area contributed by atoms with E-state index in [2.05, 4.69) is 30.3 Å². The molecular formula is C22H25N3O3S. The van der Waals surface area contributed by atoms with E-state index in [4.69, 9.17) is 0 Å². The molecule has 7 heteroatoms. The number of aryl methyl sites for hydroxylation is 2. The molecule has 152 valence electrons. The van der Waals surface area contributed by atoms with E-state index >= 15 is 0 Å². The zero-order chi connectivity index (χ0) is 20.3. The summed E-state index contributed by atoms with van der Waals surface area (Å²) in [7, 11) is -1.60. The summed E-state index contributed by atoms with van der Waals surface area (Å²) in [6, 6.07) is 11.1. The van der Waals surface area contributed by atoms with Crippen LogP contribution in [-0.4, -0.2) is 45.4 Å². The third kappa shape index (κ3) is 2.95. The molecule has 2 atom stereocenters. The minimum Gasteiger partial charge on any atom is -0.326 e. The van der Waals surface area contributed by atoms with Gasteiger partial charge in [0, 0.05) is 24.6 Å². The number of hydrogen-bond donors (Lipinski definition) is 1. The maximum atomic E-state index is 13.8. The number of nitrogens with zero attached hydrogens (tertiary/aromatic N) is 2. The first-order valence-corrected chi connectivity index (χ1v) is 11.5. The van der Waals surface area contributed by atoms with Crippen molar-refractivity contribution in [2.75, 3.05) is 29.8 Å². The number of benzene rings is 2. The van der Waals surface area contributed by atoms with Crippen LogP contribution in [0.5, 0.6) is 0 Å². The minimum atomic E-state index is -3.70. The molecule has 0 radical (unpaired) electrons. The van der Waals surface area contributed by atoms with Crippen molar-refractivity contribution in [2.45, 2.75) is 43.0 Å². The van der Waals surface area contributed by atoms with Crippen LogP contribution in [0.3, 0.4) is 0 Å². The maximum absolute atomic E-state index is 13.8. The molecule has 0 aromatic heterocycles. The van der Waals surface area contributed by atoms with Crippen molar-refractivity contribution < 1.29 is 13.2 Å². The molecule has 0 bridgehead atoms. The zero-order valence-electron chi connectivity index (χ0n) is 16.7. The van der Waals surface area contributed by atoms with Crippen LogP contribution in [0.25, 0.3) is 0 Å². The Labute approximate surface area is 171 Å². The van der Waals surface area contributed by atoms with Crippen molar-refractivity contribution in [3.63, 3.8) is 0 Å². The van der Waals surface area contributed by atoms with Crippen molar-refractivity contribution in [1.82, 2.24) is 4.90 Å². The number of fused-ring (bicyclic) bond motifs is 4. The SMILES string of the molecule is Cc1ccc2c(c1)[C@@H]1CN(C)CC[C@@H]1N2S(=O)(=O)c1ccc2c(c1)CCC(=O)N2. The molecule has 3 aliphatic rings. The maximum Gasteiger partial charge on any atom is 0.264 e. The fourth-order valence-electron chi connectivity index (χ4n) is 4.98. The van der Waals surface area contributed by atoms with Crippen LogP contribution in [0, 0.1) is 6.92 Å². The molecular weight excluding hydrogens is 386 g/mol. The number of carbonyl (C=O) groups excluding carboxylic acids is 1. The molecule has 0 spiro atoms. The van der Waals surface area contributed by atoms with Crippen LogP contribution in [0.2, 0.25) is 0 Å². The van der Waals surface area contributed by atoms with Gasteiger partial charge in [0.2, 0.25) is 5.91 Å². The molecule has 2 aromatic rings. The number of rotatable bonds is 2. The number of likely N-dealkylation sites (tertiary alicyclic amines) is 1. The summed E-state index contributed by atoms with van der Waals surface area (Å²) >= 11 is 0. The minimum absolute atomic E-state index is 0.0221. The first kappa shape index (κ1) is 18.6. The lowest BCUT2D eigenvalue weighted by Crippen LogP contribution is -2.47. The lowest BCUT2D eigenvalue weighted by Gasteiger charge is -2.36. The second kappa shape index (κ2) is 6.57. The molecule has 3 heterocycles. The normalized spacial score (nSPS) is 23.9. The van der Waals surface area contributed by atoms with Gasteiger partial charge in [-0.25, -0.2) is 8.42 Å². The fraction of sp³-hybridized carbons (Fsp3) is 0.409. The molecule has 2 aromatic carbocycles. The second-order valence-electron chi connectivity index (χ2n) is 8.46. The summed E-state index contributed by atoms with van der Waals surface area (Å²) in [6.07, 6.45) is 1.77. The van der Waals surface area contributed by atoms with Gasteiger partial charge in [0.1, 0.15) is 0 Å². The third-order valence-corrected chi connectivity index (χ3v) is 8.26. The molecule has 1 saturated heterocycles. The van der Waals surface area contributed by atoms with Gasteiger partial charge in [0.25, 0.3) is 10.0 Å². The summed E-state index contributed by atoms with van der Waals surface area (Å²) in [5, 5.41) is 2.83. The Balaban J connectivity index is 1.60. The number of sulfonamides is 1. The summed E-state index contributed by atoms with van der Waals surface area (Å²) in [4.78, 5) is 14.2. The predicted molar refractivity (Wildman–Crippen MR) is 113 cm³/mol. The van der Waals surface area contributed by atoms with E-state index in [-0.39, 0.29) is 17.9 Å². The number of hydrogen-bond acceptors (Lipinski definition) is 4. The number of amides is 1. The number of carbonyl (C=O) groups is 1. The Kier molecular flexibility index (Phi) is 4.22. The van der Waals surface area contributed by atoms with E-state index in [1.54, 1.807) is 22.5 Å². The summed E-state index contributed by atoms with van der Waals surface area (Å²) in [5.41, 5.74) is 4.70. The van der Waals surface area contributed by atoms with Crippen molar-refractivity contribution in [3.05, 3.63) is 53.1 Å². The standard InChI is InChI=1S/C22H25N3O3S/c1-14-3-7-20-17(11-14)18-13-24(2)10-9-21(18)25(20)29(27,28)16-5-6-19-15(12-16)4-8-22(26)23-19/h3,5-7,11-12,18,21H,4,8-10,13H2,1-2H3,(H,23,26)/t18-,21-/m0/s1. The smallest absolute Gasteiger partial charge is 0.264 e. The Hall–Kier alpha value is -2.38. The van der Waals surface area contributed by atoms with Crippen molar-refractivity contribution in [2.24, 2.45) is 0 Å². The van der Waals surface area contributed by atoms with Crippen LogP contribution in [0.4, 0.5) is 11.4 Å². The van der Waals surface area contributed by atoms with Gasteiger partial charge >= 0.3 is 0 Å². The lowest BCUT2D eigenvalue weighted by molar-refractivity contribution is -0.116. The van der Waals surface area contributed by atoms with E-state index in [0.717, 1.165) is 47.6 Å². The van der Waals surface area contributed by atoms with Crippen molar-refractivity contribution in [3.8, 4) is 0 Å². The number of nitrogens with one attached hydrogen (secondary N) is 1. The number of anilines is 2. The molecule has 5 rings (SSSR count). The highest BCUT2D eigenvalue weighted by Gasteiger charge is 2.46. The summed E-state index contributed by atoms with van der Waals surface area (Å²) in [5.74, 6) is 0.168. The van der Waals surface area contributed by atoms with E-state index in [0.29, 0.717) is 17.7 Å². The lowest BCUT2D eigenvalue weighted by atomic mass is 9.89. The van der Waals surface area contributed by atoms with Gasteiger partial charge in [-0.05, 0) is 68.8 Å². The quantitative estimate of drug-likeness (QED) is 0.825. The predicted octanol–water partition coefficient (Wildman–Crippen LogP) is 2.88. The van der Waals surface area contributed by atoms with Crippen LogP contribution in [-0.2, 0) is 21.2 Å². The van der Waals surface area contributed by atoms with Crippen LogP contribution in [0.1, 0.15) is 35.4 Å². The Morgan fingerprint density at radius 2 is 1.93 bits per heavy atom. The number of piperidine rings is 1. The Morgan fingerprint density at radius 3 is 2.76 bits per heavy atom.